The molecular formula is C19H21NO4. The van der Waals surface area contributed by atoms with Gasteiger partial charge < -0.3 is 14.8 Å². The van der Waals surface area contributed by atoms with Crippen molar-refractivity contribution < 1.29 is 19.1 Å². The van der Waals surface area contributed by atoms with E-state index in [1.165, 1.54) is 0 Å². The molecule has 0 heterocycles. The summed E-state index contributed by atoms with van der Waals surface area (Å²) in [5.74, 6) is 0.700. The van der Waals surface area contributed by atoms with Crippen molar-refractivity contribution in [3.63, 3.8) is 0 Å². The quantitative estimate of drug-likeness (QED) is 0.719. The van der Waals surface area contributed by atoms with Crippen LogP contribution in [-0.4, -0.2) is 25.4 Å². The van der Waals surface area contributed by atoms with Crippen LogP contribution in [0.4, 0.5) is 0 Å². The Morgan fingerprint density at radius 2 is 1.92 bits per heavy atom. The fourth-order valence-corrected chi connectivity index (χ4v) is 2.04. The van der Waals surface area contributed by atoms with Crippen molar-refractivity contribution in [3.8, 4) is 11.5 Å². The first-order valence-corrected chi connectivity index (χ1v) is 7.88. The second-order valence-corrected chi connectivity index (χ2v) is 5.22. The van der Waals surface area contributed by atoms with Crippen molar-refractivity contribution in [2.45, 2.75) is 19.9 Å². The molecule has 5 heteroatoms. The van der Waals surface area contributed by atoms with E-state index in [1.54, 1.807) is 18.2 Å². The molecule has 0 saturated heterocycles. The van der Waals surface area contributed by atoms with Crippen LogP contribution in [0.5, 0.6) is 11.5 Å². The lowest BCUT2D eigenvalue weighted by Crippen LogP contribution is -2.28. The number of carbonyl (C=O) groups excluding carboxylic acids is 2. The fourth-order valence-electron chi connectivity index (χ4n) is 2.04. The minimum absolute atomic E-state index is 0.162. The van der Waals surface area contributed by atoms with Gasteiger partial charge in [-0.05, 0) is 24.1 Å². The Labute approximate surface area is 141 Å². The summed E-state index contributed by atoms with van der Waals surface area (Å²) in [6, 6.07) is 14.6. The maximum Gasteiger partial charge on any atom is 0.258 e. The predicted molar refractivity (Wildman–Crippen MR) is 91.4 cm³/mol. The Morgan fingerprint density at radius 1 is 1.12 bits per heavy atom. The maximum atomic E-state index is 11.9. The largest absolute Gasteiger partial charge is 0.493 e. The van der Waals surface area contributed by atoms with Crippen LogP contribution in [0.2, 0.25) is 0 Å². The van der Waals surface area contributed by atoms with Gasteiger partial charge in [0.05, 0.1) is 12.2 Å². The summed E-state index contributed by atoms with van der Waals surface area (Å²) in [4.78, 5) is 23.0. The topological polar surface area (TPSA) is 64.6 Å². The summed E-state index contributed by atoms with van der Waals surface area (Å²) >= 11 is 0. The van der Waals surface area contributed by atoms with Crippen molar-refractivity contribution in [3.05, 3.63) is 59.7 Å². The zero-order chi connectivity index (χ0) is 17.2. The highest BCUT2D eigenvalue weighted by Gasteiger charge is 2.08. The van der Waals surface area contributed by atoms with Gasteiger partial charge in [0.15, 0.2) is 12.9 Å². The van der Waals surface area contributed by atoms with Gasteiger partial charge in [0.2, 0.25) is 0 Å². The number of nitrogens with one attached hydrogen (secondary N) is 1. The number of carbonyl (C=O) groups is 2. The number of aldehydes is 1. The molecule has 0 bridgehead atoms. The molecule has 0 aromatic heterocycles. The molecule has 0 saturated carbocycles. The van der Waals surface area contributed by atoms with Crippen LogP contribution in [0, 0.1) is 0 Å². The van der Waals surface area contributed by atoms with E-state index in [4.69, 9.17) is 9.47 Å². The lowest BCUT2D eigenvalue weighted by atomic mass is 10.2. The highest BCUT2D eigenvalue weighted by molar-refractivity contribution is 5.81. The minimum Gasteiger partial charge on any atom is -0.493 e. The van der Waals surface area contributed by atoms with Gasteiger partial charge in [0.25, 0.3) is 5.91 Å². The lowest BCUT2D eigenvalue weighted by Gasteiger charge is -2.11. The van der Waals surface area contributed by atoms with Crippen LogP contribution in [0.1, 0.15) is 29.3 Å². The Bertz CT molecular complexity index is 670. The SMILES string of the molecule is CCCOc1ccc(C=O)c(OCC(=O)NCc2ccccc2)c1. The van der Waals surface area contributed by atoms with Gasteiger partial charge >= 0.3 is 0 Å². The van der Waals surface area contributed by atoms with E-state index in [1.807, 2.05) is 37.3 Å². The summed E-state index contributed by atoms with van der Waals surface area (Å²) in [6.45, 7) is 2.86. The zero-order valence-electron chi connectivity index (χ0n) is 13.7. The van der Waals surface area contributed by atoms with Crippen molar-refractivity contribution >= 4 is 12.2 Å². The van der Waals surface area contributed by atoms with Crippen LogP contribution in [-0.2, 0) is 11.3 Å². The number of amides is 1. The summed E-state index contributed by atoms with van der Waals surface area (Å²) < 4.78 is 11.0. The van der Waals surface area contributed by atoms with Crippen molar-refractivity contribution in [1.82, 2.24) is 5.32 Å². The first-order chi connectivity index (χ1) is 11.7. The van der Waals surface area contributed by atoms with Gasteiger partial charge in [-0.15, -0.1) is 0 Å². The summed E-state index contributed by atoms with van der Waals surface area (Å²) in [5, 5.41) is 2.77. The molecule has 126 valence electrons. The number of benzene rings is 2. The Morgan fingerprint density at radius 3 is 2.62 bits per heavy atom. The molecule has 0 unspecified atom stereocenters. The van der Waals surface area contributed by atoms with Crippen LogP contribution >= 0.6 is 0 Å². The van der Waals surface area contributed by atoms with Gasteiger partial charge in [0.1, 0.15) is 11.5 Å². The third kappa shape index (κ3) is 5.43. The maximum absolute atomic E-state index is 11.9. The van der Waals surface area contributed by atoms with Crippen molar-refractivity contribution in [2.75, 3.05) is 13.2 Å². The molecule has 24 heavy (non-hydrogen) atoms. The van der Waals surface area contributed by atoms with E-state index in [9.17, 15) is 9.59 Å². The van der Waals surface area contributed by atoms with E-state index < -0.39 is 0 Å². The molecule has 0 aliphatic rings. The Kier molecular flexibility index (Phi) is 6.83. The number of ether oxygens (including phenoxy) is 2. The third-order valence-electron chi connectivity index (χ3n) is 3.28. The molecule has 2 aromatic carbocycles. The van der Waals surface area contributed by atoms with Crippen LogP contribution in [0.25, 0.3) is 0 Å². The molecule has 0 spiro atoms. The molecule has 2 aromatic rings. The molecule has 0 aliphatic carbocycles. The van der Waals surface area contributed by atoms with Gasteiger partial charge in [0, 0.05) is 12.6 Å². The van der Waals surface area contributed by atoms with E-state index in [0.29, 0.717) is 36.5 Å². The normalized spacial score (nSPS) is 10.0. The number of rotatable bonds is 9. The molecule has 0 aliphatic heterocycles. The first kappa shape index (κ1) is 17.5. The first-order valence-electron chi connectivity index (χ1n) is 7.88. The molecule has 0 fully saturated rings. The smallest absolute Gasteiger partial charge is 0.258 e. The lowest BCUT2D eigenvalue weighted by molar-refractivity contribution is -0.123. The monoisotopic (exact) mass is 327 g/mol. The molecular weight excluding hydrogens is 306 g/mol. The van der Waals surface area contributed by atoms with Gasteiger partial charge in [-0.3, -0.25) is 9.59 Å². The Balaban J connectivity index is 1.89. The minimum atomic E-state index is -0.254. The summed E-state index contributed by atoms with van der Waals surface area (Å²) in [5.41, 5.74) is 1.39. The Hall–Kier alpha value is -2.82. The van der Waals surface area contributed by atoms with Crippen LogP contribution in [0.15, 0.2) is 48.5 Å². The molecule has 1 amide bonds. The van der Waals surface area contributed by atoms with Gasteiger partial charge in [-0.25, -0.2) is 0 Å². The van der Waals surface area contributed by atoms with Crippen molar-refractivity contribution in [2.24, 2.45) is 0 Å². The molecule has 1 N–H and O–H groups in total. The highest BCUT2D eigenvalue weighted by Crippen LogP contribution is 2.24. The third-order valence-corrected chi connectivity index (χ3v) is 3.28. The van der Waals surface area contributed by atoms with Gasteiger partial charge in [-0.1, -0.05) is 37.3 Å². The van der Waals surface area contributed by atoms with E-state index in [2.05, 4.69) is 5.32 Å². The van der Waals surface area contributed by atoms with E-state index in [0.717, 1.165) is 12.0 Å². The second kappa shape index (κ2) is 9.35. The predicted octanol–water partition coefficient (Wildman–Crippen LogP) is 2.98. The highest BCUT2D eigenvalue weighted by atomic mass is 16.5. The summed E-state index contributed by atoms with van der Waals surface area (Å²) in [7, 11) is 0. The van der Waals surface area contributed by atoms with Crippen LogP contribution in [0.3, 0.4) is 0 Å². The molecule has 0 atom stereocenters. The molecule has 2 rings (SSSR count). The second-order valence-electron chi connectivity index (χ2n) is 5.22. The number of hydrogen-bond donors (Lipinski definition) is 1. The van der Waals surface area contributed by atoms with Crippen LogP contribution < -0.4 is 14.8 Å². The average molecular weight is 327 g/mol. The van der Waals surface area contributed by atoms with Gasteiger partial charge in [-0.2, -0.15) is 0 Å². The van der Waals surface area contributed by atoms with Crippen molar-refractivity contribution in [1.29, 1.82) is 0 Å². The standard InChI is InChI=1S/C19H21NO4/c1-2-10-23-17-9-8-16(13-21)18(11-17)24-14-19(22)20-12-15-6-4-3-5-7-15/h3-9,11,13H,2,10,12,14H2,1H3,(H,20,22). The summed E-state index contributed by atoms with van der Waals surface area (Å²) in [6.07, 6.45) is 1.58. The zero-order valence-corrected chi connectivity index (χ0v) is 13.7. The van der Waals surface area contributed by atoms with E-state index in [-0.39, 0.29) is 12.5 Å². The molecule has 5 nitrogen and oxygen atoms in total. The molecule has 0 radical (unpaired) electrons. The fraction of sp³-hybridized carbons (Fsp3) is 0.263. The average Bonchev–Trinajstić information content (AvgIpc) is 2.63. The van der Waals surface area contributed by atoms with E-state index >= 15 is 0 Å². The number of hydrogen-bond acceptors (Lipinski definition) is 4.